The van der Waals surface area contributed by atoms with Crippen LogP contribution in [0, 0.1) is 0 Å². The molecule has 1 aromatic heterocycles. The Labute approximate surface area is 238 Å². The van der Waals surface area contributed by atoms with Crippen molar-refractivity contribution in [2.75, 3.05) is 0 Å². The minimum atomic E-state index is 0.861. The molecule has 41 heavy (non-hydrogen) atoms. The van der Waals surface area contributed by atoms with Crippen molar-refractivity contribution in [1.82, 2.24) is 4.98 Å². The van der Waals surface area contributed by atoms with Crippen molar-refractivity contribution < 1.29 is 0 Å². The lowest BCUT2D eigenvalue weighted by Gasteiger charge is -2.14. The van der Waals surface area contributed by atoms with Crippen LogP contribution in [0.15, 0.2) is 133 Å². The van der Waals surface area contributed by atoms with Gasteiger partial charge in [-0.25, -0.2) is 0 Å². The molecule has 0 fully saturated rings. The van der Waals surface area contributed by atoms with Crippen molar-refractivity contribution in [3.05, 3.63) is 139 Å². The van der Waals surface area contributed by atoms with Crippen molar-refractivity contribution >= 4 is 71.5 Å². The molecule has 0 amide bonds. The normalized spacial score (nSPS) is 12.3. The van der Waals surface area contributed by atoms with E-state index in [2.05, 4.69) is 128 Å². The molecule has 8 rings (SSSR count). The van der Waals surface area contributed by atoms with Crippen LogP contribution in [-0.4, -0.2) is 10.7 Å². The first kappa shape index (κ1) is 23.5. The van der Waals surface area contributed by atoms with Gasteiger partial charge in [0.2, 0.25) is 0 Å². The first-order chi connectivity index (χ1) is 20.2. The van der Waals surface area contributed by atoms with Crippen LogP contribution in [0.1, 0.15) is 18.1 Å². The molecule has 1 heterocycles. The molecular weight excluding hydrogens is 496 g/mol. The molecule has 0 atom stereocenters. The number of benzene rings is 7. The summed E-state index contributed by atoms with van der Waals surface area (Å²) in [7, 11) is 0. The predicted octanol–water partition coefficient (Wildman–Crippen LogP) is 10.7. The van der Waals surface area contributed by atoms with Gasteiger partial charge in [0.1, 0.15) is 0 Å². The van der Waals surface area contributed by atoms with E-state index in [9.17, 15) is 0 Å². The lowest BCUT2D eigenvalue weighted by molar-refractivity contribution is 1.38. The molecule has 0 spiro atoms. The van der Waals surface area contributed by atoms with Gasteiger partial charge in [-0.05, 0) is 84.9 Å². The molecule has 0 N–H and O–H groups in total. The van der Waals surface area contributed by atoms with E-state index < -0.39 is 0 Å². The van der Waals surface area contributed by atoms with Crippen LogP contribution < -0.4 is 0 Å². The Morgan fingerprint density at radius 2 is 1.34 bits per heavy atom. The van der Waals surface area contributed by atoms with Crippen LogP contribution in [0.3, 0.4) is 0 Å². The average Bonchev–Trinajstić information content (AvgIpc) is 3.03. The van der Waals surface area contributed by atoms with Crippen molar-refractivity contribution in [3.63, 3.8) is 0 Å². The summed E-state index contributed by atoms with van der Waals surface area (Å²) in [6.07, 6.45) is 3.67. The SMILES string of the molecule is C=Cc1ccc2cccnc2c1N=C(C)c1ccc2cc(-c3ccc4ccc5cccc6ccc3c4c56)ccc2c1. The Bertz CT molecular complexity index is 2330. The largest absolute Gasteiger partial charge is 0.254 e. The van der Waals surface area contributed by atoms with Crippen LogP contribution in [-0.2, 0) is 0 Å². The van der Waals surface area contributed by atoms with Gasteiger partial charge in [-0.2, -0.15) is 0 Å². The monoisotopic (exact) mass is 522 g/mol. The van der Waals surface area contributed by atoms with Crippen LogP contribution in [0.5, 0.6) is 0 Å². The fraction of sp³-hybridized carbons (Fsp3) is 0.0256. The molecule has 0 saturated heterocycles. The number of hydrogen-bond acceptors (Lipinski definition) is 2. The van der Waals surface area contributed by atoms with Crippen LogP contribution in [0.4, 0.5) is 5.69 Å². The third kappa shape index (κ3) is 3.72. The molecule has 0 saturated carbocycles. The number of aromatic nitrogens is 1. The van der Waals surface area contributed by atoms with Gasteiger partial charge >= 0.3 is 0 Å². The summed E-state index contributed by atoms with van der Waals surface area (Å²) in [5, 5.41) is 11.3. The molecule has 0 bridgehead atoms. The summed E-state index contributed by atoms with van der Waals surface area (Å²) in [5.41, 5.74) is 7.27. The molecular formula is C39H26N2. The van der Waals surface area contributed by atoms with Gasteiger partial charge in [-0.1, -0.05) is 110 Å². The smallest absolute Gasteiger partial charge is 0.0967 e. The van der Waals surface area contributed by atoms with Crippen LogP contribution >= 0.6 is 0 Å². The number of pyridine rings is 1. The Morgan fingerprint density at radius 1 is 0.659 bits per heavy atom. The Balaban J connectivity index is 1.23. The van der Waals surface area contributed by atoms with Crippen molar-refractivity contribution in [1.29, 1.82) is 0 Å². The zero-order chi connectivity index (χ0) is 27.5. The summed E-state index contributed by atoms with van der Waals surface area (Å²) in [5.74, 6) is 0. The van der Waals surface area contributed by atoms with E-state index in [1.165, 1.54) is 54.2 Å². The van der Waals surface area contributed by atoms with Gasteiger partial charge in [0.25, 0.3) is 0 Å². The van der Waals surface area contributed by atoms with Gasteiger partial charge in [0, 0.05) is 22.9 Å². The van der Waals surface area contributed by atoms with E-state index in [1.807, 2.05) is 18.3 Å². The summed E-state index contributed by atoms with van der Waals surface area (Å²) >= 11 is 0. The van der Waals surface area contributed by atoms with Crippen molar-refractivity contribution in [2.45, 2.75) is 6.92 Å². The second-order valence-corrected chi connectivity index (χ2v) is 10.7. The molecule has 8 aromatic rings. The molecule has 2 nitrogen and oxygen atoms in total. The number of nitrogens with zero attached hydrogens (tertiary/aromatic N) is 2. The molecule has 192 valence electrons. The molecule has 7 aromatic carbocycles. The van der Waals surface area contributed by atoms with Gasteiger partial charge < -0.3 is 0 Å². The zero-order valence-corrected chi connectivity index (χ0v) is 22.7. The summed E-state index contributed by atoms with van der Waals surface area (Å²) < 4.78 is 0. The highest BCUT2D eigenvalue weighted by Crippen LogP contribution is 2.40. The fourth-order valence-electron chi connectivity index (χ4n) is 6.29. The molecule has 2 heteroatoms. The van der Waals surface area contributed by atoms with E-state index in [-0.39, 0.29) is 0 Å². The van der Waals surface area contributed by atoms with Gasteiger partial charge in [-0.15, -0.1) is 0 Å². The Kier molecular flexibility index (Phi) is 5.23. The third-order valence-electron chi connectivity index (χ3n) is 8.38. The number of rotatable bonds is 4. The predicted molar refractivity (Wildman–Crippen MR) is 177 cm³/mol. The van der Waals surface area contributed by atoms with Crippen molar-refractivity contribution in [2.24, 2.45) is 4.99 Å². The molecule has 0 radical (unpaired) electrons. The first-order valence-electron chi connectivity index (χ1n) is 13.9. The summed E-state index contributed by atoms with van der Waals surface area (Å²) in [4.78, 5) is 9.68. The average molecular weight is 523 g/mol. The molecule has 0 aliphatic heterocycles. The van der Waals surface area contributed by atoms with E-state index >= 15 is 0 Å². The topological polar surface area (TPSA) is 25.2 Å². The summed E-state index contributed by atoms with van der Waals surface area (Å²) in [6.45, 7) is 6.06. The van der Waals surface area contributed by atoms with Gasteiger partial charge in [0.15, 0.2) is 0 Å². The number of aliphatic imine (C=N–C) groups is 1. The second kappa shape index (κ2) is 9.11. The lowest BCUT2D eigenvalue weighted by atomic mass is 9.89. The van der Waals surface area contributed by atoms with Crippen LogP contribution in [0.2, 0.25) is 0 Å². The van der Waals surface area contributed by atoms with Crippen molar-refractivity contribution in [3.8, 4) is 11.1 Å². The highest BCUT2D eigenvalue weighted by molar-refractivity contribution is 6.25. The van der Waals surface area contributed by atoms with Gasteiger partial charge in [0.05, 0.1) is 11.2 Å². The first-order valence-corrected chi connectivity index (χ1v) is 13.9. The standard InChI is InChI=1S/C39H26N2/c1-3-25-9-12-29-8-5-21-40-38(29)39(25)41-24(2)30-13-14-32-23-33(16-15-31(32)22-30)34-19-17-28-11-10-26-6-4-7-27-18-20-35(34)37(28)36(26)27/h3-23H,1H2,2H3. The van der Waals surface area contributed by atoms with E-state index in [0.29, 0.717) is 0 Å². The molecule has 0 aliphatic carbocycles. The summed E-state index contributed by atoms with van der Waals surface area (Å²) in [6, 6.07) is 41.6. The minimum absolute atomic E-state index is 0.861. The zero-order valence-electron chi connectivity index (χ0n) is 22.7. The number of hydrogen-bond donors (Lipinski definition) is 0. The lowest BCUT2D eigenvalue weighted by Crippen LogP contribution is -1.95. The van der Waals surface area contributed by atoms with Crippen LogP contribution in [0.25, 0.3) is 71.2 Å². The molecule has 0 aliphatic rings. The Hall–Kier alpha value is -5.34. The third-order valence-corrected chi connectivity index (χ3v) is 8.38. The van der Waals surface area contributed by atoms with E-state index in [1.54, 1.807) is 0 Å². The van der Waals surface area contributed by atoms with E-state index in [4.69, 9.17) is 4.99 Å². The fourth-order valence-corrected chi connectivity index (χ4v) is 6.29. The Morgan fingerprint density at radius 3 is 2.20 bits per heavy atom. The highest BCUT2D eigenvalue weighted by atomic mass is 14.8. The van der Waals surface area contributed by atoms with E-state index in [0.717, 1.165) is 33.4 Å². The maximum absolute atomic E-state index is 5.06. The highest BCUT2D eigenvalue weighted by Gasteiger charge is 2.13. The van der Waals surface area contributed by atoms with Gasteiger partial charge in [-0.3, -0.25) is 9.98 Å². The minimum Gasteiger partial charge on any atom is -0.254 e. The number of fused-ring (bicyclic) bond motifs is 2. The maximum Gasteiger partial charge on any atom is 0.0967 e. The second-order valence-electron chi connectivity index (χ2n) is 10.7. The molecule has 0 unspecified atom stereocenters. The maximum atomic E-state index is 5.06. The quantitative estimate of drug-likeness (QED) is 0.167.